The SMILES string of the molecule is CC(C)=C[B]N=CN. The maximum absolute atomic E-state index is 4.96. The van der Waals surface area contributed by atoms with Crippen LogP contribution in [0.1, 0.15) is 13.8 Å². The third-order valence-electron chi connectivity index (χ3n) is 0.580. The molecular weight excluding hydrogens is 98.9 g/mol. The fraction of sp³-hybridized carbons (Fsp3) is 0.400. The van der Waals surface area contributed by atoms with Gasteiger partial charge in [-0.25, -0.2) is 0 Å². The molecule has 0 spiro atoms. The molecule has 0 aliphatic carbocycles. The molecule has 0 saturated heterocycles. The maximum atomic E-state index is 4.96. The lowest BCUT2D eigenvalue weighted by Crippen LogP contribution is -1.91. The van der Waals surface area contributed by atoms with Gasteiger partial charge in [0.1, 0.15) is 0 Å². The van der Waals surface area contributed by atoms with Crippen LogP contribution >= 0.6 is 0 Å². The van der Waals surface area contributed by atoms with E-state index in [-0.39, 0.29) is 0 Å². The molecule has 2 nitrogen and oxygen atoms in total. The Kier molecular flexibility index (Phi) is 4.03. The monoisotopic (exact) mass is 109 g/mol. The highest BCUT2D eigenvalue weighted by atomic mass is 14.7. The smallest absolute Gasteiger partial charge is 0.306 e. The Balaban J connectivity index is 3.30. The van der Waals surface area contributed by atoms with Gasteiger partial charge < -0.3 is 10.6 Å². The van der Waals surface area contributed by atoms with Crippen LogP contribution in [0.5, 0.6) is 0 Å². The van der Waals surface area contributed by atoms with E-state index in [1.807, 2.05) is 19.8 Å². The summed E-state index contributed by atoms with van der Waals surface area (Å²) in [6.45, 7) is 4.01. The molecule has 0 aliphatic heterocycles. The van der Waals surface area contributed by atoms with Crippen molar-refractivity contribution >= 4 is 13.8 Å². The van der Waals surface area contributed by atoms with Crippen LogP contribution in [0.2, 0.25) is 0 Å². The Bertz CT molecular complexity index is 103. The zero-order valence-corrected chi connectivity index (χ0v) is 5.26. The first-order valence-electron chi connectivity index (χ1n) is 2.47. The molecule has 1 radical (unpaired) electrons. The van der Waals surface area contributed by atoms with Crippen molar-refractivity contribution in [3.63, 3.8) is 0 Å². The lowest BCUT2D eigenvalue weighted by molar-refractivity contribution is 1.41. The predicted octanol–water partition coefficient (Wildman–Crippen LogP) is 0.516. The van der Waals surface area contributed by atoms with Crippen molar-refractivity contribution in [3.05, 3.63) is 11.5 Å². The van der Waals surface area contributed by atoms with Gasteiger partial charge in [0, 0.05) is 0 Å². The predicted molar refractivity (Wildman–Crippen MR) is 37.9 cm³/mol. The van der Waals surface area contributed by atoms with Gasteiger partial charge in [0.15, 0.2) is 0 Å². The van der Waals surface area contributed by atoms with Crippen LogP contribution in [0.3, 0.4) is 0 Å². The maximum Gasteiger partial charge on any atom is 0.306 e. The van der Waals surface area contributed by atoms with Gasteiger partial charge in [-0.2, -0.15) is 0 Å². The molecule has 0 saturated carbocycles. The molecule has 8 heavy (non-hydrogen) atoms. The molecule has 0 aliphatic rings. The average molecular weight is 109 g/mol. The van der Waals surface area contributed by atoms with Crippen molar-refractivity contribution in [2.24, 2.45) is 10.6 Å². The first kappa shape index (κ1) is 7.27. The van der Waals surface area contributed by atoms with Crippen molar-refractivity contribution in [1.29, 1.82) is 0 Å². The quantitative estimate of drug-likeness (QED) is 0.313. The van der Waals surface area contributed by atoms with E-state index in [9.17, 15) is 0 Å². The Labute approximate surface area is 50.8 Å². The van der Waals surface area contributed by atoms with E-state index in [0.717, 1.165) is 0 Å². The van der Waals surface area contributed by atoms with Crippen molar-refractivity contribution in [2.45, 2.75) is 13.8 Å². The molecule has 0 rings (SSSR count). The first-order chi connectivity index (χ1) is 3.77. The molecule has 0 bridgehead atoms. The Morgan fingerprint density at radius 3 is 2.62 bits per heavy atom. The fourth-order valence-electron chi connectivity index (χ4n) is 0.242. The fourth-order valence-corrected chi connectivity index (χ4v) is 0.242. The van der Waals surface area contributed by atoms with Crippen LogP contribution in [0, 0.1) is 0 Å². The van der Waals surface area contributed by atoms with E-state index in [1.54, 1.807) is 7.41 Å². The molecule has 0 unspecified atom stereocenters. The molecule has 3 heteroatoms. The van der Waals surface area contributed by atoms with Crippen molar-refractivity contribution in [3.8, 4) is 0 Å². The highest BCUT2D eigenvalue weighted by molar-refractivity contribution is 6.41. The molecule has 0 fully saturated rings. The van der Waals surface area contributed by atoms with Gasteiger partial charge in [-0.1, -0.05) is 11.5 Å². The van der Waals surface area contributed by atoms with Crippen LogP contribution in [0.25, 0.3) is 0 Å². The minimum atomic E-state index is 1.22. The average Bonchev–Trinajstić information content (AvgIpc) is 1.66. The van der Waals surface area contributed by atoms with Crippen molar-refractivity contribution < 1.29 is 0 Å². The van der Waals surface area contributed by atoms with Crippen LogP contribution in [0.4, 0.5) is 0 Å². The normalized spacial score (nSPS) is 9.25. The summed E-state index contributed by atoms with van der Waals surface area (Å²) in [5.41, 5.74) is 6.18. The van der Waals surface area contributed by atoms with Crippen molar-refractivity contribution in [2.75, 3.05) is 0 Å². The molecule has 2 N–H and O–H groups in total. The Morgan fingerprint density at radius 1 is 1.62 bits per heavy atom. The molecule has 0 aromatic carbocycles. The summed E-state index contributed by atoms with van der Waals surface area (Å²) >= 11 is 0. The van der Waals surface area contributed by atoms with E-state index < -0.39 is 0 Å². The summed E-state index contributed by atoms with van der Waals surface area (Å²) in [6, 6.07) is 0. The first-order valence-corrected chi connectivity index (χ1v) is 2.47. The number of nitrogens with zero attached hydrogens (tertiary/aromatic N) is 1. The topological polar surface area (TPSA) is 38.4 Å². The number of nitrogens with two attached hydrogens (primary N) is 1. The number of allylic oxidation sites excluding steroid dienone is 1. The van der Waals surface area contributed by atoms with E-state index in [2.05, 4.69) is 4.90 Å². The van der Waals surface area contributed by atoms with Gasteiger partial charge in [-0.3, -0.25) is 0 Å². The highest BCUT2D eigenvalue weighted by Crippen LogP contribution is 1.84. The van der Waals surface area contributed by atoms with E-state index in [1.165, 1.54) is 11.9 Å². The summed E-state index contributed by atoms with van der Waals surface area (Å²) < 4.78 is 0. The van der Waals surface area contributed by atoms with Crippen molar-refractivity contribution in [1.82, 2.24) is 0 Å². The summed E-state index contributed by atoms with van der Waals surface area (Å²) in [7, 11) is 1.66. The van der Waals surface area contributed by atoms with Crippen LogP contribution in [-0.2, 0) is 0 Å². The summed E-state index contributed by atoms with van der Waals surface area (Å²) in [5, 5.41) is 0. The second-order valence-corrected chi connectivity index (χ2v) is 1.69. The van der Waals surface area contributed by atoms with Gasteiger partial charge in [-0.05, 0) is 13.8 Å². The number of rotatable bonds is 2. The Hall–Kier alpha value is -0.725. The van der Waals surface area contributed by atoms with Gasteiger partial charge in [0.25, 0.3) is 0 Å². The lowest BCUT2D eigenvalue weighted by Gasteiger charge is -1.81. The number of hydrogen-bond donors (Lipinski definition) is 1. The molecule has 43 valence electrons. The molecule has 0 amide bonds. The van der Waals surface area contributed by atoms with Crippen LogP contribution < -0.4 is 5.73 Å². The second kappa shape index (κ2) is 4.43. The minimum Gasteiger partial charge on any atom is -0.391 e. The van der Waals surface area contributed by atoms with Gasteiger partial charge in [0.05, 0.1) is 6.34 Å². The third-order valence-corrected chi connectivity index (χ3v) is 0.580. The zero-order chi connectivity index (χ0) is 6.41. The standard InChI is InChI=1S/C5H10BN2/c1-5(2)3-6-8-4-7/h3-4H,1-2H3,(H2,7,8). The Morgan fingerprint density at radius 2 is 2.25 bits per heavy atom. The van der Waals surface area contributed by atoms with Crippen LogP contribution in [0.15, 0.2) is 16.5 Å². The number of hydrogen-bond acceptors (Lipinski definition) is 1. The highest BCUT2D eigenvalue weighted by Gasteiger charge is 1.76. The third kappa shape index (κ3) is 5.27. The zero-order valence-electron chi connectivity index (χ0n) is 5.26. The largest absolute Gasteiger partial charge is 0.391 e. The van der Waals surface area contributed by atoms with E-state index >= 15 is 0 Å². The molecule has 0 atom stereocenters. The molecule has 0 aromatic rings. The molecular formula is C5H10BN2. The van der Waals surface area contributed by atoms with Crippen LogP contribution in [-0.4, -0.2) is 13.8 Å². The lowest BCUT2D eigenvalue weighted by atomic mass is 9.93. The molecule has 0 aromatic heterocycles. The van der Waals surface area contributed by atoms with Gasteiger partial charge >= 0.3 is 7.41 Å². The minimum absolute atomic E-state index is 1.22. The van der Waals surface area contributed by atoms with Gasteiger partial charge in [0.2, 0.25) is 0 Å². The summed E-state index contributed by atoms with van der Waals surface area (Å²) in [6.07, 6.45) is 1.26. The second-order valence-electron chi connectivity index (χ2n) is 1.69. The van der Waals surface area contributed by atoms with E-state index in [0.29, 0.717) is 0 Å². The summed E-state index contributed by atoms with van der Waals surface area (Å²) in [5.74, 6) is 1.89. The van der Waals surface area contributed by atoms with Gasteiger partial charge in [-0.15, -0.1) is 0 Å². The molecule has 0 heterocycles. The van der Waals surface area contributed by atoms with E-state index in [4.69, 9.17) is 5.73 Å². The summed E-state index contributed by atoms with van der Waals surface area (Å²) in [4.78, 5) is 3.66.